The Morgan fingerprint density at radius 1 is 1.07 bits per heavy atom. The van der Waals surface area contributed by atoms with Crippen LogP contribution in [0.2, 0.25) is 0 Å². The normalized spacial score (nSPS) is 13.1. The predicted molar refractivity (Wildman–Crippen MR) is 85.3 cm³/mol. The first-order chi connectivity index (χ1) is 12.3. The van der Waals surface area contributed by atoms with Gasteiger partial charge in [-0.25, -0.2) is 0 Å². The van der Waals surface area contributed by atoms with E-state index in [0.29, 0.717) is 25.0 Å². The fourth-order valence-electron chi connectivity index (χ4n) is 2.30. The lowest BCUT2D eigenvalue weighted by atomic mass is 10.0. The number of alkyl halides is 6. The topological polar surface area (TPSA) is 72.2 Å². The molecule has 0 fully saturated rings. The van der Waals surface area contributed by atoms with Gasteiger partial charge in [-0.15, -0.1) is 6.58 Å². The Hall–Kier alpha value is -2.52. The maximum Gasteiger partial charge on any atom is 0.416 e. The molecule has 0 saturated carbocycles. The van der Waals surface area contributed by atoms with E-state index in [2.05, 4.69) is 11.9 Å². The molecule has 0 unspecified atom stereocenters. The number of carbonyl (C=O) groups is 2. The van der Waals surface area contributed by atoms with Gasteiger partial charge in [0.1, 0.15) is 6.04 Å². The fourth-order valence-corrected chi connectivity index (χ4v) is 2.30. The first kappa shape index (κ1) is 22.5. The van der Waals surface area contributed by atoms with Crippen LogP contribution in [0.1, 0.15) is 36.0 Å². The van der Waals surface area contributed by atoms with E-state index in [1.165, 1.54) is 0 Å². The summed E-state index contributed by atoms with van der Waals surface area (Å²) in [6.07, 6.45) is -8.01. The van der Waals surface area contributed by atoms with Crippen LogP contribution in [0.4, 0.5) is 26.3 Å². The van der Waals surface area contributed by atoms with Crippen LogP contribution < -0.4 is 11.1 Å². The van der Waals surface area contributed by atoms with Crippen molar-refractivity contribution in [2.75, 3.05) is 0 Å². The molecule has 0 aliphatic carbocycles. The summed E-state index contributed by atoms with van der Waals surface area (Å²) in [5.74, 6) is -1.77. The lowest BCUT2D eigenvalue weighted by molar-refractivity contribution is -0.143. The van der Waals surface area contributed by atoms with Crippen molar-refractivity contribution in [3.05, 3.63) is 47.5 Å². The molecule has 0 bridgehead atoms. The van der Waals surface area contributed by atoms with Crippen molar-refractivity contribution < 1.29 is 35.9 Å². The van der Waals surface area contributed by atoms with E-state index in [4.69, 9.17) is 5.73 Å². The monoisotopic (exact) mass is 396 g/mol. The summed E-state index contributed by atoms with van der Waals surface area (Å²) in [6.45, 7) is 3.49. The quantitative estimate of drug-likeness (QED) is 0.401. The Bertz CT molecular complexity index is 665. The van der Waals surface area contributed by atoms with Gasteiger partial charge in [0.25, 0.3) is 0 Å². The van der Waals surface area contributed by atoms with Gasteiger partial charge in [0.05, 0.1) is 17.5 Å². The molecule has 0 heterocycles. The Morgan fingerprint density at radius 3 is 2.00 bits per heavy atom. The molecule has 0 spiro atoms. The summed E-state index contributed by atoms with van der Waals surface area (Å²) < 4.78 is 77.0. The SMILES string of the molecule is C=CCCC[C@@H](NC(=O)Cc1cc(C(F)(F)F)cc(C(F)(F)F)c1)C(N)=O. The van der Waals surface area contributed by atoms with E-state index in [1.807, 2.05) is 0 Å². The van der Waals surface area contributed by atoms with Crippen molar-refractivity contribution in [3.63, 3.8) is 0 Å². The summed E-state index contributed by atoms with van der Waals surface area (Å²) in [5.41, 5.74) is 1.63. The molecule has 3 N–H and O–H groups in total. The maximum atomic E-state index is 12.8. The average Bonchev–Trinajstić information content (AvgIpc) is 2.52. The van der Waals surface area contributed by atoms with Crippen LogP contribution in [0.25, 0.3) is 0 Å². The molecular formula is C17H18F6N2O2. The number of amides is 2. The molecule has 150 valence electrons. The van der Waals surface area contributed by atoms with Gasteiger partial charge in [-0.2, -0.15) is 26.3 Å². The molecule has 4 nitrogen and oxygen atoms in total. The number of hydrogen-bond donors (Lipinski definition) is 2. The zero-order valence-electron chi connectivity index (χ0n) is 14.1. The van der Waals surface area contributed by atoms with Gasteiger partial charge in [0.2, 0.25) is 11.8 Å². The Balaban J connectivity index is 3.00. The van der Waals surface area contributed by atoms with Crippen LogP contribution in [0, 0.1) is 0 Å². The number of carbonyl (C=O) groups excluding carboxylic acids is 2. The largest absolute Gasteiger partial charge is 0.416 e. The van der Waals surface area contributed by atoms with E-state index >= 15 is 0 Å². The van der Waals surface area contributed by atoms with Crippen LogP contribution in [0.15, 0.2) is 30.9 Å². The van der Waals surface area contributed by atoms with Crippen LogP contribution in [0.3, 0.4) is 0 Å². The maximum absolute atomic E-state index is 12.8. The second kappa shape index (κ2) is 8.92. The van der Waals surface area contributed by atoms with Gasteiger partial charge in [-0.05, 0) is 43.0 Å². The van der Waals surface area contributed by atoms with Crippen LogP contribution >= 0.6 is 0 Å². The van der Waals surface area contributed by atoms with Crippen LogP contribution in [-0.4, -0.2) is 17.9 Å². The minimum Gasteiger partial charge on any atom is -0.368 e. The molecule has 1 aromatic carbocycles. The van der Waals surface area contributed by atoms with Crippen molar-refractivity contribution in [1.29, 1.82) is 0 Å². The molecule has 0 saturated heterocycles. The summed E-state index contributed by atoms with van der Waals surface area (Å²) in [7, 11) is 0. The third kappa shape index (κ3) is 7.32. The summed E-state index contributed by atoms with van der Waals surface area (Å²) in [5, 5.41) is 2.23. The number of unbranched alkanes of at least 4 members (excludes halogenated alkanes) is 1. The molecule has 1 aromatic rings. The van der Waals surface area contributed by atoms with E-state index in [0.717, 1.165) is 0 Å². The van der Waals surface area contributed by atoms with E-state index in [1.54, 1.807) is 6.08 Å². The van der Waals surface area contributed by atoms with Crippen molar-refractivity contribution in [2.24, 2.45) is 5.73 Å². The van der Waals surface area contributed by atoms with Crippen molar-refractivity contribution in [2.45, 2.75) is 44.1 Å². The van der Waals surface area contributed by atoms with E-state index in [9.17, 15) is 35.9 Å². The molecule has 2 amide bonds. The lowest BCUT2D eigenvalue weighted by Crippen LogP contribution is -2.45. The highest BCUT2D eigenvalue weighted by molar-refractivity contribution is 5.87. The highest BCUT2D eigenvalue weighted by Gasteiger charge is 2.37. The summed E-state index contributed by atoms with van der Waals surface area (Å²) in [4.78, 5) is 23.3. The Morgan fingerprint density at radius 2 is 1.59 bits per heavy atom. The molecule has 0 aliphatic heterocycles. The first-order valence-electron chi connectivity index (χ1n) is 7.82. The van der Waals surface area contributed by atoms with Gasteiger partial charge in [-0.3, -0.25) is 9.59 Å². The minimum absolute atomic E-state index is 0.0249. The molecule has 27 heavy (non-hydrogen) atoms. The zero-order chi connectivity index (χ0) is 20.8. The number of halogens is 6. The van der Waals surface area contributed by atoms with Gasteiger partial charge >= 0.3 is 12.4 Å². The zero-order valence-corrected chi connectivity index (χ0v) is 14.1. The third-order valence-electron chi connectivity index (χ3n) is 3.59. The molecule has 1 rings (SSSR count). The van der Waals surface area contributed by atoms with Gasteiger partial charge in [0.15, 0.2) is 0 Å². The molecule has 1 atom stereocenters. The van der Waals surface area contributed by atoms with Gasteiger partial charge in [-0.1, -0.05) is 6.08 Å². The number of allylic oxidation sites excluding steroid dienone is 1. The standard InChI is InChI=1S/C17H18F6N2O2/c1-2-3-4-5-13(15(24)27)25-14(26)8-10-6-11(16(18,19)20)9-12(7-10)17(21,22)23/h2,6-7,9,13H,1,3-5,8H2,(H2,24,27)(H,25,26)/t13-/m1/s1. The van der Waals surface area contributed by atoms with Crippen molar-refractivity contribution in [1.82, 2.24) is 5.32 Å². The number of primary amides is 1. The number of nitrogens with one attached hydrogen (secondary N) is 1. The number of benzene rings is 1. The highest BCUT2D eigenvalue weighted by Crippen LogP contribution is 2.36. The van der Waals surface area contributed by atoms with Crippen LogP contribution in [-0.2, 0) is 28.4 Å². The van der Waals surface area contributed by atoms with Crippen molar-refractivity contribution >= 4 is 11.8 Å². The summed E-state index contributed by atoms with van der Waals surface area (Å²) in [6, 6.07) is -0.175. The Kier molecular flexibility index (Phi) is 7.44. The number of hydrogen-bond acceptors (Lipinski definition) is 2. The second-order valence-electron chi connectivity index (χ2n) is 5.83. The minimum atomic E-state index is -5.01. The van der Waals surface area contributed by atoms with E-state index in [-0.39, 0.29) is 12.5 Å². The van der Waals surface area contributed by atoms with Crippen molar-refractivity contribution in [3.8, 4) is 0 Å². The smallest absolute Gasteiger partial charge is 0.368 e. The van der Waals surface area contributed by atoms with Gasteiger partial charge in [0, 0.05) is 0 Å². The van der Waals surface area contributed by atoms with Gasteiger partial charge < -0.3 is 11.1 Å². The third-order valence-corrected chi connectivity index (χ3v) is 3.59. The first-order valence-corrected chi connectivity index (χ1v) is 7.82. The van der Waals surface area contributed by atoms with E-state index < -0.39 is 53.3 Å². The fraction of sp³-hybridized carbons (Fsp3) is 0.412. The summed E-state index contributed by atoms with van der Waals surface area (Å²) >= 11 is 0. The molecule has 0 radical (unpaired) electrons. The second-order valence-corrected chi connectivity index (χ2v) is 5.83. The van der Waals surface area contributed by atoms with Crippen LogP contribution in [0.5, 0.6) is 0 Å². The number of rotatable bonds is 8. The Labute approximate surface area is 151 Å². The molecule has 0 aromatic heterocycles. The lowest BCUT2D eigenvalue weighted by Gasteiger charge is -2.17. The molecule has 10 heteroatoms. The number of nitrogens with two attached hydrogens (primary N) is 1. The predicted octanol–water partition coefficient (Wildman–Crippen LogP) is 3.59. The molecular weight excluding hydrogens is 378 g/mol. The average molecular weight is 396 g/mol. The molecule has 0 aliphatic rings. The highest BCUT2D eigenvalue weighted by atomic mass is 19.4.